The molecule has 2 aromatic carbocycles. The molecule has 0 aliphatic carbocycles. The number of hydrogen-bond acceptors (Lipinski definition) is 3. The summed E-state index contributed by atoms with van der Waals surface area (Å²) in [6.45, 7) is 4.48. The van der Waals surface area contributed by atoms with E-state index < -0.39 is 11.4 Å². The Kier molecular flexibility index (Phi) is 4.96. The van der Waals surface area contributed by atoms with Crippen LogP contribution in [0.5, 0.6) is 0 Å². The highest BCUT2D eigenvalue weighted by molar-refractivity contribution is 6.06. The number of aromatic nitrogens is 1. The third-order valence-electron chi connectivity index (χ3n) is 5.17. The van der Waals surface area contributed by atoms with E-state index in [1.165, 1.54) is 35.4 Å². The molecule has 0 saturated heterocycles. The number of rotatable bonds is 4. The summed E-state index contributed by atoms with van der Waals surface area (Å²) in [6.07, 6.45) is 1.00. The van der Waals surface area contributed by atoms with Crippen molar-refractivity contribution in [3.8, 4) is 0 Å². The summed E-state index contributed by atoms with van der Waals surface area (Å²) in [5.41, 5.74) is 2.86. The van der Waals surface area contributed by atoms with Gasteiger partial charge in [-0.1, -0.05) is 24.3 Å². The molecule has 1 aliphatic heterocycles. The van der Waals surface area contributed by atoms with E-state index >= 15 is 0 Å². The molecule has 1 amide bonds. The molecule has 0 fully saturated rings. The minimum Gasteiger partial charge on any atom is -0.348 e. The number of halogens is 1. The lowest BCUT2D eigenvalue weighted by atomic mass is 9.99. The second-order valence-corrected chi connectivity index (χ2v) is 7.37. The average Bonchev–Trinajstić information content (AvgIpc) is 2.66. The molecule has 28 heavy (non-hydrogen) atoms. The molecule has 2 N–H and O–H groups in total. The van der Waals surface area contributed by atoms with Crippen molar-refractivity contribution in [2.75, 3.05) is 13.1 Å². The molecule has 0 saturated carbocycles. The van der Waals surface area contributed by atoms with Crippen LogP contribution in [0.1, 0.15) is 28.4 Å². The van der Waals surface area contributed by atoms with Crippen LogP contribution in [0.3, 0.4) is 0 Å². The summed E-state index contributed by atoms with van der Waals surface area (Å²) >= 11 is 0. The van der Waals surface area contributed by atoms with Crippen LogP contribution in [0.25, 0.3) is 10.9 Å². The van der Waals surface area contributed by atoms with Crippen LogP contribution in [0.15, 0.2) is 53.3 Å². The van der Waals surface area contributed by atoms with E-state index in [1.54, 1.807) is 0 Å². The summed E-state index contributed by atoms with van der Waals surface area (Å²) in [7, 11) is 0. The van der Waals surface area contributed by atoms with Crippen LogP contribution >= 0.6 is 0 Å². The summed E-state index contributed by atoms with van der Waals surface area (Å²) in [6, 6.07) is 13.6. The van der Waals surface area contributed by atoms with Gasteiger partial charge < -0.3 is 10.3 Å². The molecule has 0 bridgehead atoms. The Labute approximate surface area is 162 Å². The van der Waals surface area contributed by atoms with Gasteiger partial charge in [-0.2, -0.15) is 0 Å². The highest BCUT2D eigenvalue weighted by Gasteiger charge is 2.20. The van der Waals surface area contributed by atoms with Gasteiger partial charge in [0.05, 0.1) is 11.1 Å². The molecule has 1 aromatic heterocycles. The number of carbonyl (C=O) groups excluding carboxylic acids is 1. The zero-order valence-electron chi connectivity index (χ0n) is 15.7. The maximum absolute atomic E-state index is 13.4. The van der Waals surface area contributed by atoms with Gasteiger partial charge in [0.15, 0.2) is 0 Å². The first-order chi connectivity index (χ1) is 13.5. The first kappa shape index (κ1) is 18.4. The number of nitrogens with one attached hydrogen (secondary N) is 2. The number of benzene rings is 2. The standard InChI is InChI=1S/C22H22FN3O2/c1-14(12-26-9-8-15-4-2-3-5-16(15)13-26)24-22(28)19-11-21(27)25-20-10-17(23)6-7-18(19)20/h2-7,10-11,14H,8-9,12-13H2,1H3,(H,24,28)(H,25,27). The van der Waals surface area contributed by atoms with Crippen LogP contribution in [-0.4, -0.2) is 34.9 Å². The molecule has 4 rings (SSSR count). The van der Waals surface area contributed by atoms with Crippen molar-refractivity contribution in [3.63, 3.8) is 0 Å². The normalized spacial score (nSPS) is 15.2. The number of fused-ring (bicyclic) bond motifs is 2. The van der Waals surface area contributed by atoms with Crippen molar-refractivity contribution in [1.82, 2.24) is 15.2 Å². The van der Waals surface area contributed by atoms with Crippen LogP contribution < -0.4 is 10.9 Å². The smallest absolute Gasteiger partial charge is 0.252 e. The maximum Gasteiger partial charge on any atom is 0.252 e. The van der Waals surface area contributed by atoms with Gasteiger partial charge in [0, 0.05) is 37.1 Å². The van der Waals surface area contributed by atoms with Crippen LogP contribution in [0.4, 0.5) is 4.39 Å². The van der Waals surface area contributed by atoms with Gasteiger partial charge in [-0.3, -0.25) is 14.5 Å². The number of aromatic amines is 1. The Bertz CT molecular complexity index is 1090. The third kappa shape index (κ3) is 3.82. The van der Waals surface area contributed by atoms with Gasteiger partial charge in [-0.05, 0) is 42.7 Å². The lowest BCUT2D eigenvalue weighted by molar-refractivity contribution is 0.0928. The molecule has 2 heterocycles. The van der Waals surface area contributed by atoms with Crippen molar-refractivity contribution >= 4 is 16.8 Å². The highest BCUT2D eigenvalue weighted by atomic mass is 19.1. The van der Waals surface area contributed by atoms with Gasteiger partial charge in [-0.25, -0.2) is 4.39 Å². The van der Waals surface area contributed by atoms with Crippen LogP contribution in [-0.2, 0) is 13.0 Å². The second kappa shape index (κ2) is 7.56. The van der Waals surface area contributed by atoms with Crippen molar-refractivity contribution in [3.05, 3.63) is 81.4 Å². The Morgan fingerprint density at radius 3 is 2.82 bits per heavy atom. The minimum absolute atomic E-state index is 0.0902. The van der Waals surface area contributed by atoms with Crippen LogP contribution in [0.2, 0.25) is 0 Å². The van der Waals surface area contributed by atoms with E-state index in [0.717, 1.165) is 26.1 Å². The molecule has 144 valence electrons. The van der Waals surface area contributed by atoms with E-state index in [-0.39, 0.29) is 17.5 Å². The molecule has 0 radical (unpaired) electrons. The number of amides is 1. The van der Waals surface area contributed by atoms with Crippen molar-refractivity contribution < 1.29 is 9.18 Å². The molecule has 5 nitrogen and oxygen atoms in total. The Balaban J connectivity index is 1.47. The third-order valence-corrected chi connectivity index (χ3v) is 5.17. The number of nitrogens with zero attached hydrogens (tertiary/aromatic N) is 1. The van der Waals surface area contributed by atoms with E-state index in [0.29, 0.717) is 10.9 Å². The predicted molar refractivity (Wildman–Crippen MR) is 107 cm³/mol. The van der Waals surface area contributed by atoms with E-state index in [9.17, 15) is 14.0 Å². The SMILES string of the molecule is CC(CN1CCc2ccccc2C1)NC(=O)c1cc(=O)[nH]c2cc(F)ccc12. The molecule has 0 spiro atoms. The number of carbonyl (C=O) groups is 1. The highest BCUT2D eigenvalue weighted by Crippen LogP contribution is 2.19. The summed E-state index contributed by atoms with van der Waals surface area (Å²) in [5.74, 6) is -0.785. The summed E-state index contributed by atoms with van der Waals surface area (Å²) in [4.78, 5) is 29.5. The zero-order chi connectivity index (χ0) is 19.7. The molecule has 6 heteroatoms. The van der Waals surface area contributed by atoms with Crippen LogP contribution in [0, 0.1) is 5.82 Å². The van der Waals surface area contributed by atoms with Gasteiger partial charge in [-0.15, -0.1) is 0 Å². The fraction of sp³-hybridized carbons (Fsp3) is 0.273. The minimum atomic E-state index is -0.459. The monoisotopic (exact) mass is 379 g/mol. The fourth-order valence-corrected chi connectivity index (χ4v) is 3.86. The Hall–Kier alpha value is -2.99. The average molecular weight is 379 g/mol. The first-order valence-electron chi connectivity index (χ1n) is 9.42. The quantitative estimate of drug-likeness (QED) is 0.733. The summed E-state index contributed by atoms with van der Waals surface area (Å²) < 4.78 is 13.4. The number of H-pyrrole nitrogens is 1. The Morgan fingerprint density at radius 1 is 1.21 bits per heavy atom. The molecular formula is C22H22FN3O2. The number of hydrogen-bond donors (Lipinski definition) is 2. The Morgan fingerprint density at radius 2 is 2.00 bits per heavy atom. The predicted octanol–water partition coefficient (Wildman–Crippen LogP) is 2.84. The maximum atomic E-state index is 13.4. The second-order valence-electron chi connectivity index (χ2n) is 7.37. The van der Waals surface area contributed by atoms with Gasteiger partial charge in [0.2, 0.25) is 5.56 Å². The van der Waals surface area contributed by atoms with E-state index in [4.69, 9.17) is 0 Å². The van der Waals surface area contributed by atoms with Gasteiger partial charge >= 0.3 is 0 Å². The largest absolute Gasteiger partial charge is 0.348 e. The van der Waals surface area contributed by atoms with Gasteiger partial charge in [0.1, 0.15) is 5.82 Å². The van der Waals surface area contributed by atoms with Crippen molar-refractivity contribution in [2.24, 2.45) is 0 Å². The summed E-state index contributed by atoms with van der Waals surface area (Å²) in [5, 5.41) is 3.50. The molecule has 1 aliphatic rings. The molecule has 3 aromatic rings. The van der Waals surface area contributed by atoms with Gasteiger partial charge in [0.25, 0.3) is 5.91 Å². The fourth-order valence-electron chi connectivity index (χ4n) is 3.86. The molecule has 1 atom stereocenters. The molecular weight excluding hydrogens is 357 g/mol. The van der Waals surface area contributed by atoms with Crippen molar-refractivity contribution in [1.29, 1.82) is 0 Å². The van der Waals surface area contributed by atoms with E-state index in [1.807, 2.05) is 6.92 Å². The zero-order valence-corrected chi connectivity index (χ0v) is 15.7. The first-order valence-corrected chi connectivity index (χ1v) is 9.42. The van der Waals surface area contributed by atoms with Crippen molar-refractivity contribution in [2.45, 2.75) is 25.9 Å². The van der Waals surface area contributed by atoms with E-state index in [2.05, 4.69) is 39.5 Å². The number of pyridine rings is 1. The lowest BCUT2D eigenvalue weighted by Crippen LogP contribution is -2.43. The lowest BCUT2D eigenvalue weighted by Gasteiger charge is -2.31. The topological polar surface area (TPSA) is 65.2 Å². The molecule has 1 unspecified atom stereocenters.